The number of benzene rings is 1. The monoisotopic (exact) mass is 327 g/mol. The van der Waals surface area contributed by atoms with Crippen LogP contribution in [0.1, 0.15) is 44.1 Å². The molecule has 0 atom stereocenters. The summed E-state index contributed by atoms with van der Waals surface area (Å²) in [6.07, 6.45) is 7.77. The Morgan fingerprint density at radius 3 is 2.79 bits per heavy atom. The number of carbonyl (C=O) groups excluding carboxylic acids is 1. The van der Waals surface area contributed by atoms with Crippen LogP contribution >= 0.6 is 0 Å². The van der Waals surface area contributed by atoms with Gasteiger partial charge in [-0.15, -0.1) is 0 Å². The molecule has 2 aromatic rings. The van der Waals surface area contributed by atoms with E-state index in [2.05, 4.69) is 4.98 Å². The third-order valence-electron chi connectivity index (χ3n) is 5.14. The molecule has 5 heteroatoms. The third kappa shape index (κ3) is 3.35. The Hall–Kier alpha value is -2.17. The zero-order valence-corrected chi connectivity index (χ0v) is 14.5. The van der Waals surface area contributed by atoms with Gasteiger partial charge in [-0.25, -0.2) is 4.98 Å². The second kappa shape index (κ2) is 7.16. The van der Waals surface area contributed by atoms with Gasteiger partial charge in [0.15, 0.2) is 0 Å². The van der Waals surface area contributed by atoms with Gasteiger partial charge in [0.1, 0.15) is 0 Å². The molecular weight excluding hydrogens is 302 g/mol. The highest BCUT2D eigenvalue weighted by Gasteiger charge is 2.21. The predicted octanol–water partition coefficient (Wildman–Crippen LogP) is 2.89. The largest absolute Gasteiger partial charge is 0.343 e. The number of para-hydroxylation sites is 1. The molecule has 1 aliphatic carbocycles. The summed E-state index contributed by atoms with van der Waals surface area (Å²) in [7, 11) is 1.89. The van der Waals surface area contributed by atoms with E-state index in [-0.39, 0.29) is 11.5 Å². The second-order valence-corrected chi connectivity index (χ2v) is 6.76. The SMILES string of the molecule is Cc1cccc2c(=O)n(CCC(=O)N(C)C3CCCCC3)cnc12. The van der Waals surface area contributed by atoms with E-state index in [1.54, 1.807) is 17.0 Å². The van der Waals surface area contributed by atoms with Crippen molar-refractivity contribution in [1.82, 2.24) is 14.5 Å². The first-order valence-electron chi connectivity index (χ1n) is 8.78. The van der Waals surface area contributed by atoms with Crippen molar-refractivity contribution in [2.75, 3.05) is 7.05 Å². The van der Waals surface area contributed by atoms with E-state index >= 15 is 0 Å². The Kier molecular flexibility index (Phi) is 4.97. The number of rotatable bonds is 4. The molecule has 0 radical (unpaired) electrons. The van der Waals surface area contributed by atoms with Crippen LogP contribution in [0.3, 0.4) is 0 Å². The smallest absolute Gasteiger partial charge is 0.261 e. The summed E-state index contributed by atoms with van der Waals surface area (Å²) in [5.41, 5.74) is 1.66. The lowest BCUT2D eigenvalue weighted by molar-refractivity contribution is -0.132. The minimum atomic E-state index is -0.0724. The van der Waals surface area contributed by atoms with Gasteiger partial charge >= 0.3 is 0 Å². The topological polar surface area (TPSA) is 55.2 Å². The van der Waals surface area contributed by atoms with E-state index in [1.165, 1.54) is 19.3 Å². The number of amides is 1. The van der Waals surface area contributed by atoms with Crippen LogP contribution in [0.15, 0.2) is 29.3 Å². The van der Waals surface area contributed by atoms with Crippen LogP contribution in [0.4, 0.5) is 0 Å². The molecule has 0 N–H and O–H groups in total. The summed E-state index contributed by atoms with van der Waals surface area (Å²) in [5.74, 6) is 0.109. The number of aryl methyl sites for hydroxylation is 2. The van der Waals surface area contributed by atoms with Crippen molar-refractivity contribution in [3.8, 4) is 0 Å². The van der Waals surface area contributed by atoms with Crippen molar-refractivity contribution in [1.29, 1.82) is 0 Å². The van der Waals surface area contributed by atoms with Gasteiger partial charge in [-0.1, -0.05) is 31.4 Å². The lowest BCUT2D eigenvalue weighted by atomic mass is 9.94. The van der Waals surface area contributed by atoms with Crippen molar-refractivity contribution in [2.24, 2.45) is 0 Å². The first-order valence-corrected chi connectivity index (χ1v) is 8.78. The maximum absolute atomic E-state index is 12.6. The average Bonchev–Trinajstić information content (AvgIpc) is 2.61. The van der Waals surface area contributed by atoms with Crippen molar-refractivity contribution in [3.63, 3.8) is 0 Å². The van der Waals surface area contributed by atoms with Gasteiger partial charge < -0.3 is 4.90 Å². The molecule has 1 aliphatic rings. The number of fused-ring (bicyclic) bond motifs is 1. The van der Waals surface area contributed by atoms with Crippen LogP contribution < -0.4 is 5.56 Å². The standard InChI is InChI=1S/C19H25N3O2/c1-14-7-6-10-16-18(14)20-13-22(19(16)24)12-11-17(23)21(2)15-8-4-3-5-9-15/h6-7,10,13,15H,3-5,8-9,11-12H2,1-2H3. The van der Waals surface area contributed by atoms with Gasteiger partial charge in [0.2, 0.25) is 5.91 Å². The Labute approximate surface area is 142 Å². The second-order valence-electron chi connectivity index (χ2n) is 6.76. The molecule has 128 valence electrons. The fourth-order valence-electron chi connectivity index (χ4n) is 3.56. The summed E-state index contributed by atoms with van der Waals surface area (Å²) in [6.45, 7) is 2.33. The predicted molar refractivity (Wildman–Crippen MR) is 95.0 cm³/mol. The molecule has 0 unspecified atom stereocenters. The number of hydrogen-bond donors (Lipinski definition) is 0. The summed E-state index contributed by atoms with van der Waals surface area (Å²) in [6, 6.07) is 5.97. The minimum absolute atomic E-state index is 0.0724. The number of carbonyl (C=O) groups is 1. The van der Waals surface area contributed by atoms with Crippen LogP contribution in [0.5, 0.6) is 0 Å². The van der Waals surface area contributed by atoms with Crippen LogP contribution in [-0.4, -0.2) is 33.4 Å². The summed E-state index contributed by atoms with van der Waals surface area (Å²) in [4.78, 5) is 31.3. The average molecular weight is 327 g/mol. The molecule has 1 heterocycles. The molecule has 1 aromatic carbocycles. The zero-order valence-electron chi connectivity index (χ0n) is 14.5. The van der Waals surface area contributed by atoms with E-state index in [9.17, 15) is 9.59 Å². The number of aromatic nitrogens is 2. The Morgan fingerprint density at radius 2 is 2.04 bits per heavy atom. The van der Waals surface area contributed by atoms with Crippen LogP contribution in [-0.2, 0) is 11.3 Å². The van der Waals surface area contributed by atoms with Crippen LogP contribution in [0, 0.1) is 6.92 Å². The molecule has 1 saturated carbocycles. The molecule has 0 aliphatic heterocycles. The Balaban J connectivity index is 1.70. The summed E-state index contributed by atoms with van der Waals surface area (Å²) in [5, 5.41) is 0.616. The van der Waals surface area contributed by atoms with E-state index in [4.69, 9.17) is 0 Å². The first kappa shape index (κ1) is 16.7. The van der Waals surface area contributed by atoms with Gasteiger partial charge in [0.25, 0.3) is 5.56 Å². The van der Waals surface area contributed by atoms with Crippen molar-refractivity contribution >= 4 is 16.8 Å². The van der Waals surface area contributed by atoms with Gasteiger partial charge in [-0.2, -0.15) is 0 Å². The van der Waals surface area contributed by atoms with Crippen LogP contribution in [0.2, 0.25) is 0 Å². The Morgan fingerprint density at radius 1 is 1.29 bits per heavy atom. The summed E-state index contributed by atoms with van der Waals surface area (Å²) >= 11 is 0. The highest BCUT2D eigenvalue weighted by molar-refractivity contribution is 5.80. The quantitative estimate of drug-likeness (QED) is 0.867. The van der Waals surface area contributed by atoms with Crippen LogP contribution in [0.25, 0.3) is 10.9 Å². The first-order chi connectivity index (χ1) is 11.6. The van der Waals surface area contributed by atoms with Crippen molar-refractivity contribution < 1.29 is 4.79 Å². The van der Waals surface area contributed by atoms with Gasteiger partial charge in [0.05, 0.1) is 17.2 Å². The van der Waals surface area contributed by atoms with Crippen molar-refractivity contribution in [2.45, 2.75) is 58.0 Å². The molecule has 24 heavy (non-hydrogen) atoms. The molecule has 0 saturated heterocycles. The van der Waals surface area contributed by atoms with E-state index in [0.29, 0.717) is 24.4 Å². The number of hydrogen-bond acceptors (Lipinski definition) is 3. The van der Waals surface area contributed by atoms with Gasteiger partial charge in [0, 0.05) is 26.1 Å². The number of nitrogens with zero attached hydrogens (tertiary/aromatic N) is 3. The van der Waals surface area contributed by atoms with E-state index in [0.717, 1.165) is 23.9 Å². The fraction of sp³-hybridized carbons (Fsp3) is 0.526. The minimum Gasteiger partial charge on any atom is -0.343 e. The molecule has 1 aromatic heterocycles. The van der Waals surface area contributed by atoms with Gasteiger partial charge in [-0.05, 0) is 31.4 Å². The molecule has 3 rings (SSSR count). The van der Waals surface area contributed by atoms with E-state index in [1.807, 2.05) is 31.0 Å². The summed E-state index contributed by atoms with van der Waals surface area (Å²) < 4.78 is 1.55. The maximum atomic E-state index is 12.6. The maximum Gasteiger partial charge on any atom is 0.261 e. The fourth-order valence-corrected chi connectivity index (χ4v) is 3.56. The van der Waals surface area contributed by atoms with Crippen molar-refractivity contribution in [3.05, 3.63) is 40.4 Å². The highest BCUT2D eigenvalue weighted by Crippen LogP contribution is 2.22. The third-order valence-corrected chi connectivity index (χ3v) is 5.14. The molecular formula is C19H25N3O2. The Bertz CT molecular complexity index is 791. The zero-order chi connectivity index (χ0) is 17.1. The molecule has 1 fully saturated rings. The molecule has 0 spiro atoms. The lowest BCUT2D eigenvalue weighted by Crippen LogP contribution is -2.39. The molecule has 1 amide bonds. The van der Waals surface area contributed by atoms with E-state index < -0.39 is 0 Å². The lowest BCUT2D eigenvalue weighted by Gasteiger charge is -2.31. The molecule has 5 nitrogen and oxygen atoms in total. The highest BCUT2D eigenvalue weighted by atomic mass is 16.2. The normalized spacial score (nSPS) is 15.6. The molecule has 0 bridgehead atoms. The van der Waals surface area contributed by atoms with Gasteiger partial charge in [-0.3, -0.25) is 14.2 Å².